The lowest BCUT2D eigenvalue weighted by molar-refractivity contribution is 0.518. The van der Waals surface area contributed by atoms with Crippen molar-refractivity contribution in [1.82, 2.24) is 5.32 Å². The molecule has 2 rings (SSSR count). The fraction of sp³-hybridized carbons (Fsp3) is 0.400. The second-order valence-electron chi connectivity index (χ2n) is 6.70. The van der Waals surface area contributed by atoms with E-state index >= 15 is 0 Å². The first-order valence-electron chi connectivity index (χ1n) is 7.88. The molecule has 1 heteroatoms. The standard InChI is InChI=1S/C20H27N/c1-5-19(17-9-7-6-8-10-17)21-15-16-11-13-18(14-12-16)20(2,3)4/h6-14,19,21H,5,15H2,1-4H3. The molecule has 2 aromatic rings. The highest BCUT2D eigenvalue weighted by atomic mass is 14.9. The minimum atomic E-state index is 0.224. The number of nitrogens with one attached hydrogen (secondary N) is 1. The summed E-state index contributed by atoms with van der Waals surface area (Å²) >= 11 is 0. The molecule has 0 aliphatic carbocycles. The first-order valence-corrected chi connectivity index (χ1v) is 7.88. The SMILES string of the molecule is CCC(NCc1ccc(C(C)(C)C)cc1)c1ccccc1. The molecule has 0 radical (unpaired) electrons. The van der Waals surface area contributed by atoms with Gasteiger partial charge in [-0.25, -0.2) is 0 Å². The van der Waals surface area contributed by atoms with Crippen LogP contribution in [-0.4, -0.2) is 0 Å². The number of rotatable bonds is 5. The molecule has 112 valence electrons. The van der Waals surface area contributed by atoms with Gasteiger partial charge in [0.2, 0.25) is 0 Å². The Bertz CT molecular complexity index is 534. The van der Waals surface area contributed by atoms with E-state index in [0.29, 0.717) is 6.04 Å². The molecule has 0 aliphatic rings. The van der Waals surface area contributed by atoms with Crippen molar-refractivity contribution in [2.24, 2.45) is 0 Å². The molecule has 0 heterocycles. The molecule has 0 spiro atoms. The summed E-state index contributed by atoms with van der Waals surface area (Å²) in [5.41, 5.74) is 4.33. The summed E-state index contributed by atoms with van der Waals surface area (Å²) in [4.78, 5) is 0. The summed E-state index contributed by atoms with van der Waals surface area (Å²) in [6, 6.07) is 20.1. The predicted octanol–water partition coefficient (Wildman–Crippen LogP) is 5.23. The summed E-state index contributed by atoms with van der Waals surface area (Å²) in [5, 5.41) is 3.66. The third kappa shape index (κ3) is 4.44. The van der Waals surface area contributed by atoms with Gasteiger partial charge in [0.1, 0.15) is 0 Å². The van der Waals surface area contributed by atoms with Crippen LogP contribution in [-0.2, 0) is 12.0 Å². The van der Waals surface area contributed by atoms with Crippen LogP contribution in [0.5, 0.6) is 0 Å². The third-order valence-electron chi connectivity index (χ3n) is 3.98. The molecule has 0 saturated heterocycles. The number of benzene rings is 2. The van der Waals surface area contributed by atoms with E-state index in [1.807, 2.05) is 0 Å². The van der Waals surface area contributed by atoms with E-state index < -0.39 is 0 Å². The predicted molar refractivity (Wildman–Crippen MR) is 91.5 cm³/mol. The Morgan fingerprint density at radius 2 is 1.52 bits per heavy atom. The van der Waals surface area contributed by atoms with Gasteiger partial charge in [0.05, 0.1) is 0 Å². The van der Waals surface area contributed by atoms with Gasteiger partial charge >= 0.3 is 0 Å². The molecular formula is C20H27N. The maximum Gasteiger partial charge on any atom is 0.0320 e. The number of hydrogen-bond acceptors (Lipinski definition) is 1. The summed E-state index contributed by atoms with van der Waals surface area (Å²) in [7, 11) is 0. The zero-order chi connectivity index (χ0) is 15.3. The van der Waals surface area contributed by atoms with Crippen molar-refractivity contribution in [3.63, 3.8) is 0 Å². The molecule has 0 aliphatic heterocycles. The van der Waals surface area contributed by atoms with Gasteiger partial charge in [-0.05, 0) is 28.5 Å². The Hall–Kier alpha value is -1.60. The van der Waals surface area contributed by atoms with Crippen molar-refractivity contribution in [2.75, 3.05) is 0 Å². The van der Waals surface area contributed by atoms with Crippen LogP contribution in [0, 0.1) is 0 Å². The molecule has 0 saturated carbocycles. The van der Waals surface area contributed by atoms with E-state index in [1.54, 1.807) is 0 Å². The van der Waals surface area contributed by atoms with Gasteiger partial charge in [-0.15, -0.1) is 0 Å². The molecule has 1 nitrogen and oxygen atoms in total. The zero-order valence-electron chi connectivity index (χ0n) is 13.7. The van der Waals surface area contributed by atoms with Gasteiger partial charge in [0.25, 0.3) is 0 Å². The number of hydrogen-bond donors (Lipinski definition) is 1. The summed E-state index contributed by atoms with van der Waals surface area (Å²) in [6.07, 6.45) is 1.10. The van der Waals surface area contributed by atoms with Gasteiger partial charge in [0, 0.05) is 12.6 Å². The molecule has 0 bridgehead atoms. The van der Waals surface area contributed by atoms with Crippen LogP contribution in [0.25, 0.3) is 0 Å². The van der Waals surface area contributed by atoms with Crippen molar-refractivity contribution >= 4 is 0 Å². The van der Waals surface area contributed by atoms with Crippen molar-refractivity contribution in [3.05, 3.63) is 71.3 Å². The second kappa shape index (κ2) is 6.91. The van der Waals surface area contributed by atoms with Gasteiger partial charge in [-0.1, -0.05) is 82.3 Å². The maximum absolute atomic E-state index is 3.66. The average Bonchev–Trinajstić information content (AvgIpc) is 2.48. The van der Waals surface area contributed by atoms with Gasteiger partial charge in [-0.3, -0.25) is 0 Å². The van der Waals surface area contributed by atoms with E-state index in [-0.39, 0.29) is 5.41 Å². The van der Waals surface area contributed by atoms with Crippen LogP contribution in [0.3, 0.4) is 0 Å². The highest BCUT2D eigenvalue weighted by Crippen LogP contribution is 2.22. The minimum Gasteiger partial charge on any atom is -0.306 e. The molecule has 1 unspecified atom stereocenters. The quantitative estimate of drug-likeness (QED) is 0.791. The fourth-order valence-corrected chi connectivity index (χ4v) is 2.55. The summed E-state index contributed by atoms with van der Waals surface area (Å²) in [5.74, 6) is 0. The Morgan fingerprint density at radius 1 is 0.905 bits per heavy atom. The Balaban J connectivity index is 1.99. The van der Waals surface area contributed by atoms with Crippen molar-refractivity contribution in [1.29, 1.82) is 0 Å². The van der Waals surface area contributed by atoms with Crippen molar-refractivity contribution in [2.45, 2.75) is 52.1 Å². The average molecular weight is 281 g/mol. The van der Waals surface area contributed by atoms with Crippen LogP contribution in [0.4, 0.5) is 0 Å². The molecular weight excluding hydrogens is 254 g/mol. The van der Waals surface area contributed by atoms with Crippen LogP contribution in [0.2, 0.25) is 0 Å². The molecule has 1 atom stereocenters. The summed E-state index contributed by atoms with van der Waals surface area (Å²) in [6.45, 7) is 9.90. The van der Waals surface area contributed by atoms with Gasteiger partial charge in [0.15, 0.2) is 0 Å². The maximum atomic E-state index is 3.66. The topological polar surface area (TPSA) is 12.0 Å². The second-order valence-corrected chi connectivity index (χ2v) is 6.70. The lowest BCUT2D eigenvalue weighted by Gasteiger charge is -2.20. The Kier molecular flexibility index (Phi) is 5.19. The first-order chi connectivity index (χ1) is 10.0. The van der Waals surface area contributed by atoms with Gasteiger partial charge < -0.3 is 5.32 Å². The normalized spacial score (nSPS) is 13.1. The van der Waals surface area contributed by atoms with Crippen LogP contribution >= 0.6 is 0 Å². The highest BCUT2D eigenvalue weighted by molar-refractivity contribution is 5.27. The van der Waals surface area contributed by atoms with Crippen molar-refractivity contribution in [3.8, 4) is 0 Å². The van der Waals surface area contributed by atoms with E-state index in [2.05, 4.69) is 87.6 Å². The van der Waals surface area contributed by atoms with E-state index in [0.717, 1.165) is 13.0 Å². The molecule has 1 N–H and O–H groups in total. The first kappa shape index (κ1) is 15.8. The largest absolute Gasteiger partial charge is 0.306 e. The molecule has 0 amide bonds. The molecule has 0 fully saturated rings. The van der Waals surface area contributed by atoms with Crippen molar-refractivity contribution < 1.29 is 0 Å². The fourth-order valence-electron chi connectivity index (χ4n) is 2.55. The lowest BCUT2D eigenvalue weighted by atomic mass is 9.87. The smallest absolute Gasteiger partial charge is 0.0320 e. The van der Waals surface area contributed by atoms with E-state index in [9.17, 15) is 0 Å². The third-order valence-corrected chi connectivity index (χ3v) is 3.98. The monoisotopic (exact) mass is 281 g/mol. The van der Waals surface area contributed by atoms with Crippen LogP contribution < -0.4 is 5.32 Å². The Morgan fingerprint density at radius 3 is 2.05 bits per heavy atom. The van der Waals surface area contributed by atoms with Crippen LogP contribution in [0.15, 0.2) is 54.6 Å². The summed E-state index contributed by atoms with van der Waals surface area (Å²) < 4.78 is 0. The molecule has 0 aromatic heterocycles. The van der Waals surface area contributed by atoms with E-state index in [4.69, 9.17) is 0 Å². The Labute approximate surface area is 129 Å². The molecule has 21 heavy (non-hydrogen) atoms. The highest BCUT2D eigenvalue weighted by Gasteiger charge is 2.13. The van der Waals surface area contributed by atoms with Gasteiger partial charge in [-0.2, -0.15) is 0 Å². The molecule has 2 aromatic carbocycles. The lowest BCUT2D eigenvalue weighted by Crippen LogP contribution is -2.20. The van der Waals surface area contributed by atoms with E-state index in [1.165, 1.54) is 16.7 Å². The zero-order valence-corrected chi connectivity index (χ0v) is 13.7. The minimum absolute atomic E-state index is 0.224. The van der Waals surface area contributed by atoms with Crippen LogP contribution in [0.1, 0.15) is 56.8 Å².